The summed E-state index contributed by atoms with van der Waals surface area (Å²) in [6.07, 6.45) is 8.35. The molecule has 11 heteroatoms. The van der Waals surface area contributed by atoms with Crippen LogP contribution in [0.3, 0.4) is 0 Å². The minimum Gasteiger partial charge on any atom is -0.353 e. The molecule has 0 saturated heterocycles. The first-order valence-corrected chi connectivity index (χ1v) is 14.7. The van der Waals surface area contributed by atoms with Crippen LogP contribution in [0.2, 0.25) is 0 Å². The fourth-order valence-corrected chi connectivity index (χ4v) is 5.11. The lowest BCUT2D eigenvalue weighted by molar-refractivity contribution is -0.117. The van der Waals surface area contributed by atoms with Gasteiger partial charge >= 0.3 is 0 Å². The van der Waals surface area contributed by atoms with E-state index in [0.717, 1.165) is 40.3 Å². The Morgan fingerprint density at radius 1 is 0.844 bits per heavy atom. The van der Waals surface area contributed by atoms with Crippen LogP contribution in [0.25, 0.3) is 32.6 Å². The molecule has 6 rings (SSSR count). The molecule has 0 aliphatic carbocycles. The number of carbonyl (C=O) groups excluding carboxylic acids is 2. The van der Waals surface area contributed by atoms with E-state index in [1.54, 1.807) is 12.3 Å². The SMILES string of the molecule is CN(C)CCCNC(=O)C=CC(=O)Nc1cc2c(Nc3cc4nn(Cc5ccccc5)cc4c4ccccc34)ncnc2cn1. The summed E-state index contributed by atoms with van der Waals surface area (Å²) >= 11 is 0. The summed E-state index contributed by atoms with van der Waals surface area (Å²) < 4.78 is 1.96. The molecule has 45 heavy (non-hydrogen) atoms. The van der Waals surface area contributed by atoms with Gasteiger partial charge in [-0.25, -0.2) is 15.0 Å². The van der Waals surface area contributed by atoms with Crippen molar-refractivity contribution in [3.05, 3.63) is 103 Å². The van der Waals surface area contributed by atoms with E-state index in [4.69, 9.17) is 5.10 Å². The topological polar surface area (TPSA) is 130 Å². The highest BCUT2D eigenvalue weighted by Gasteiger charge is 2.13. The van der Waals surface area contributed by atoms with Gasteiger partial charge in [0, 0.05) is 46.7 Å². The molecule has 0 bridgehead atoms. The number of pyridine rings is 1. The van der Waals surface area contributed by atoms with E-state index in [-0.39, 0.29) is 5.91 Å². The highest BCUT2D eigenvalue weighted by molar-refractivity contribution is 6.13. The third kappa shape index (κ3) is 7.11. The third-order valence-corrected chi connectivity index (χ3v) is 7.26. The highest BCUT2D eigenvalue weighted by atomic mass is 16.2. The first-order valence-electron chi connectivity index (χ1n) is 14.7. The van der Waals surface area contributed by atoms with E-state index < -0.39 is 5.91 Å². The molecule has 0 unspecified atom stereocenters. The maximum Gasteiger partial charge on any atom is 0.249 e. The Balaban J connectivity index is 1.23. The van der Waals surface area contributed by atoms with Crippen molar-refractivity contribution in [2.45, 2.75) is 13.0 Å². The van der Waals surface area contributed by atoms with Gasteiger partial charge in [-0.1, -0.05) is 54.6 Å². The van der Waals surface area contributed by atoms with E-state index >= 15 is 0 Å². The summed E-state index contributed by atoms with van der Waals surface area (Å²) in [7, 11) is 3.95. The number of aromatic nitrogens is 5. The molecular formula is C34H33N9O2. The Bertz CT molecular complexity index is 2020. The maximum absolute atomic E-state index is 12.6. The quantitative estimate of drug-likeness (QED) is 0.142. The van der Waals surface area contributed by atoms with E-state index in [0.29, 0.717) is 35.6 Å². The molecule has 6 aromatic rings. The Morgan fingerprint density at radius 3 is 2.44 bits per heavy atom. The molecule has 226 valence electrons. The molecule has 0 aliphatic heterocycles. The number of nitrogens with one attached hydrogen (secondary N) is 3. The molecule has 3 aromatic heterocycles. The number of benzene rings is 3. The number of nitrogens with zero attached hydrogens (tertiary/aromatic N) is 6. The molecule has 2 amide bonds. The van der Waals surface area contributed by atoms with Crippen LogP contribution in [0.15, 0.2) is 97.6 Å². The van der Waals surface area contributed by atoms with Crippen LogP contribution < -0.4 is 16.0 Å². The molecule has 0 spiro atoms. The maximum atomic E-state index is 12.6. The second-order valence-corrected chi connectivity index (χ2v) is 10.9. The number of carbonyl (C=O) groups is 2. The van der Waals surface area contributed by atoms with Crippen molar-refractivity contribution in [2.24, 2.45) is 0 Å². The van der Waals surface area contributed by atoms with Gasteiger partial charge in [-0.15, -0.1) is 0 Å². The lowest BCUT2D eigenvalue weighted by atomic mass is 10.0. The minimum absolute atomic E-state index is 0.307. The van der Waals surface area contributed by atoms with Gasteiger partial charge < -0.3 is 20.9 Å². The van der Waals surface area contributed by atoms with E-state index in [1.165, 1.54) is 24.0 Å². The van der Waals surface area contributed by atoms with Crippen molar-refractivity contribution in [3.63, 3.8) is 0 Å². The van der Waals surface area contributed by atoms with Crippen molar-refractivity contribution in [3.8, 4) is 0 Å². The van der Waals surface area contributed by atoms with Gasteiger partial charge in [0.15, 0.2) is 0 Å². The third-order valence-electron chi connectivity index (χ3n) is 7.26. The zero-order chi connectivity index (χ0) is 31.2. The van der Waals surface area contributed by atoms with Gasteiger partial charge in [0.05, 0.1) is 23.8 Å². The summed E-state index contributed by atoms with van der Waals surface area (Å²) in [6.45, 7) is 2.06. The number of hydrogen-bond donors (Lipinski definition) is 3. The monoisotopic (exact) mass is 599 g/mol. The van der Waals surface area contributed by atoms with Crippen molar-refractivity contribution < 1.29 is 9.59 Å². The average Bonchev–Trinajstić information content (AvgIpc) is 3.45. The number of rotatable bonds is 11. The van der Waals surface area contributed by atoms with Crippen molar-refractivity contribution >= 4 is 61.7 Å². The van der Waals surface area contributed by atoms with Gasteiger partial charge in [-0.3, -0.25) is 14.3 Å². The summed E-state index contributed by atoms with van der Waals surface area (Å²) in [4.78, 5) is 39.9. The molecule has 0 saturated carbocycles. The fraction of sp³-hybridized carbons (Fsp3) is 0.176. The van der Waals surface area contributed by atoms with Gasteiger partial charge in [0.2, 0.25) is 11.8 Å². The van der Waals surface area contributed by atoms with Crippen LogP contribution >= 0.6 is 0 Å². The molecule has 0 radical (unpaired) electrons. The summed E-state index contributed by atoms with van der Waals surface area (Å²) in [6, 6.07) is 22.1. The minimum atomic E-state index is -0.473. The molecule has 0 aliphatic rings. The zero-order valence-corrected chi connectivity index (χ0v) is 25.1. The second-order valence-electron chi connectivity index (χ2n) is 10.9. The lowest BCUT2D eigenvalue weighted by Crippen LogP contribution is -2.25. The van der Waals surface area contributed by atoms with Crippen LogP contribution in [0, 0.1) is 0 Å². The van der Waals surface area contributed by atoms with E-state index in [1.807, 2.05) is 60.1 Å². The fourth-order valence-electron chi connectivity index (χ4n) is 5.11. The Labute approximate surface area is 260 Å². The van der Waals surface area contributed by atoms with Gasteiger partial charge in [-0.05, 0) is 50.1 Å². The Kier molecular flexibility index (Phi) is 8.70. The molecule has 11 nitrogen and oxygen atoms in total. The number of amides is 2. The van der Waals surface area contributed by atoms with Crippen LogP contribution in [-0.4, -0.2) is 68.6 Å². The largest absolute Gasteiger partial charge is 0.353 e. The first-order chi connectivity index (χ1) is 21.9. The van der Waals surface area contributed by atoms with Crippen LogP contribution in [0.4, 0.5) is 17.3 Å². The van der Waals surface area contributed by atoms with Gasteiger partial charge in [0.1, 0.15) is 18.0 Å². The predicted molar refractivity (Wildman–Crippen MR) is 177 cm³/mol. The molecule has 0 fully saturated rings. The molecule has 0 atom stereocenters. The second kappa shape index (κ2) is 13.3. The summed E-state index contributed by atoms with van der Waals surface area (Å²) in [5.74, 6) is 0.0589. The van der Waals surface area contributed by atoms with Crippen LogP contribution in [0.1, 0.15) is 12.0 Å². The van der Waals surface area contributed by atoms with Gasteiger partial charge in [-0.2, -0.15) is 5.10 Å². The molecule has 3 aromatic carbocycles. The van der Waals surface area contributed by atoms with Crippen LogP contribution in [-0.2, 0) is 16.1 Å². The Hall–Kier alpha value is -5.68. The summed E-state index contributed by atoms with van der Waals surface area (Å²) in [5, 5.41) is 17.7. The first kappa shape index (κ1) is 29.4. The van der Waals surface area contributed by atoms with Gasteiger partial charge in [0.25, 0.3) is 0 Å². The number of anilines is 3. The van der Waals surface area contributed by atoms with Crippen molar-refractivity contribution in [1.82, 2.24) is 34.9 Å². The predicted octanol–water partition coefficient (Wildman–Crippen LogP) is 4.88. The van der Waals surface area contributed by atoms with Crippen LogP contribution in [0.5, 0.6) is 0 Å². The average molecular weight is 600 g/mol. The zero-order valence-electron chi connectivity index (χ0n) is 25.1. The van der Waals surface area contributed by atoms with Crippen molar-refractivity contribution in [1.29, 1.82) is 0 Å². The molecule has 3 heterocycles. The number of hydrogen-bond acceptors (Lipinski definition) is 8. The summed E-state index contributed by atoms with van der Waals surface area (Å²) in [5.41, 5.74) is 3.47. The Morgan fingerprint density at radius 2 is 1.62 bits per heavy atom. The molecule has 3 N–H and O–H groups in total. The van der Waals surface area contributed by atoms with Crippen molar-refractivity contribution in [2.75, 3.05) is 37.8 Å². The number of fused-ring (bicyclic) bond motifs is 4. The smallest absolute Gasteiger partial charge is 0.249 e. The van der Waals surface area contributed by atoms with E-state index in [2.05, 4.69) is 61.4 Å². The molecular weight excluding hydrogens is 566 g/mol. The standard InChI is InChI=1S/C34H33N9O2/c1-42(2)16-8-15-35-32(44)13-14-33(45)40-31-17-26-30(19-36-31)37-22-38-34(26)39-28-18-29-27(24-11-6-7-12-25(24)28)21-43(41-29)20-23-9-4-3-5-10-23/h3-7,9-14,17-19,21-22H,8,15-16,20H2,1-2H3,(H,35,44)(H,36,40,45)(H,37,38,39). The van der Waals surface area contributed by atoms with E-state index in [9.17, 15) is 9.59 Å². The lowest BCUT2D eigenvalue weighted by Gasteiger charge is -2.12. The highest BCUT2D eigenvalue weighted by Crippen LogP contribution is 2.34. The normalized spacial score (nSPS) is 11.5.